The smallest absolute Gasteiger partial charge is 0.183 e. The van der Waals surface area contributed by atoms with Gasteiger partial charge in [-0.2, -0.15) is 5.10 Å². The largest absolute Gasteiger partial charge is 0.505 e. The van der Waals surface area contributed by atoms with E-state index in [9.17, 15) is 9.50 Å². The number of rotatable bonds is 1. The molecule has 0 unspecified atom stereocenters. The second kappa shape index (κ2) is 4.31. The lowest BCUT2D eigenvalue weighted by molar-refractivity contribution is 0.433. The highest BCUT2D eigenvalue weighted by atomic mass is 35.5. The minimum absolute atomic E-state index is 0.200. The van der Waals surface area contributed by atoms with Crippen molar-refractivity contribution in [3.8, 4) is 17.0 Å². The fraction of sp³-hybridized carbons (Fsp3) is 0.0833. The molecule has 2 aromatic heterocycles. The van der Waals surface area contributed by atoms with E-state index in [4.69, 9.17) is 17.3 Å². The highest BCUT2D eigenvalue weighted by molar-refractivity contribution is 6.31. The molecule has 20 heavy (non-hydrogen) atoms. The lowest BCUT2D eigenvalue weighted by Gasteiger charge is -2.03. The Bertz CT molecular complexity index is 809. The highest BCUT2D eigenvalue weighted by Crippen LogP contribution is 2.35. The molecule has 3 rings (SSSR count). The van der Waals surface area contributed by atoms with E-state index >= 15 is 0 Å². The first-order chi connectivity index (χ1) is 9.49. The molecule has 3 N–H and O–H groups in total. The molecule has 1 aromatic carbocycles. The quantitative estimate of drug-likeness (QED) is 0.717. The molecule has 8 heteroatoms. The van der Waals surface area contributed by atoms with Crippen LogP contribution in [0.25, 0.3) is 22.3 Å². The topological polar surface area (TPSA) is 89.8 Å². The van der Waals surface area contributed by atoms with Gasteiger partial charge in [-0.3, -0.25) is 0 Å². The Morgan fingerprint density at radius 3 is 2.80 bits per heavy atom. The Morgan fingerprint density at radius 1 is 1.35 bits per heavy atom. The normalized spacial score (nSPS) is 11.2. The predicted molar refractivity (Wildman–Crippen MR) is 72.8 cm³/mol. The van der Waals surface area contributed by atoms with E-state index in [-0.39, 0.29) is 10.8 Å². The summed E-state index contributed by atoms with van der Waals surface area (Å²) in [5, 5.41) is 14.1. The summed E-state index contributed by atoms with van der Waals surface area (Å²) in [5.74, 6) is -1.18. The minimum atomic E-state index is -0.875. The van der Waals surface area contributed by atoms with Gasteiger partial charge in [-0.1, -0.05) is 11.6 Å². The maximum Gasteiger partial charge on any atom is 0.183 e. The van der Waals surface area contributed by atoms with Crippen LogP contribution in [0.2, 0.25) is 5.02 Å². The summed E-state index contributed by atoms with van der Waals surface area (Å²) in [6.07, 6.45) is 1.33. The Labute approximate surface area is 117 Å². The van der Waals surface area contributed by atoms with Gasteiger partial charge in [0.1, 0.15) is 17.8 Å². The van der Waals surface area contributed by atoms with Crippen molar-refractivity contribution in [3.05, 3.63) is 29.3 Å². The van der Waals surface area contributed by atoms with Crippen LogP contribution in [0.1, 0.15) is 0 Å². The summed E-state index contributed by atoms with van der Waals surface area (Å²) >= 11 is 5.73. The third kappa shape index (κ3) is 1.75. The van der Waals surface area contributed by atoms with Crippen molar-refractivity contribution < 1.29 is 9.50 Å². The van der Waals surface area contributed by atoms with E-state index < -0.39 is 11.6 Å². The van der Waals surface area contributed by atoms with E-state index in [0.717, 1.165) is 0 Å². The molecule has 0 radical (unpaired) electrons. The number of nitrogen functional groups attached to an aromatic ring is 1. The van der Waals surface area contributed by atoms with E-state index in [1.165, 1.54) is 23.1 Å². The van der Waals surface area contributed by atoms with Crippen molar-refractivity contribution in [2.24, 2.45) is 7.05 Å². The highest BCUT2D eigenvalue weighted by Gasteiger charge is 2.18. The maximum absolute atomic E-state index is 13.4. The predicted octanol–water partition coefficient (Wildman–Crippen LogP) is 2.11. The first-order valence-corrected chi connectivity index (χ1v) is 5.98. The summed E-state index contributed by atoms with van der Waals surface area (Å²) in [4.78, 5) is 8.00. The van der Waals surface area contributed by atoms with Crippen LogP contribution < -0.4 is 5.73 Å². The fourth-order valence-corrected chi connectivity index (χ4v) is 2.24. The first-order valence-electron chi connectivity index (χ1n) is 5.60. The number of fused-ring (bicyclic) bond motifs is 1. The number of phenols is 1. The van der Waals surface area contributed by atoms with E-state index in [1.54, 1.807) is 7.05 Å². The number of hydrogen-bond acceptors (Lipinski definition) is 5. The second-order valence-corrected chi connectivity index (χ2v) is 4.63. The van der Waals surface area contributed by atoms with Gasteiger partial charge in [0.05, 0.1) is 10.4 Å². The minimum Gasteiger partial charge on any atom is -0.505 e. The number of anilines is 1. The van der Waals surface area contributed by atoms with Crippen LogP contribution in [0.5, 0.6) is 5.75 Å². The molecule has 0 saturated heterocycles. The zero-order valence-corrected chi connectivity index (χ0v) is 11.1. The van der Waals surface area contributed by atoms with Crippen molar-refractivity contribution in [2.45, 2.75) is 0 Å². The van der Waals surface area contributed by atoms with Crippen LogP contribution in [0, 0.1) is 5.82 Å². The van der Waals surface area contributed by atoms with Gasteiger partial charge in [0.15, 0.2) is 17.2 Å². The van der Waals surface area contributed by atoms with Crippen LogP contribution in [0.4, 0.5) is 10.2 Å². The number of aromatic nitrogens is 4. The number of halogens is 2. The summed E-state index contributed by atoms with van der Waals surface area (Å²) < 4.78 is 14.9. The number of nitrogens with two attached hydrogens (primary N) is 1. The molecule has 6 nitrogen and oxygen atoms in total. The van der Waals surface area contributed by atoms with Crippen LogP contribution in [0.3, 0.4) is 0 Å². The van der Waals surface area contributed by atoms with Gasteiger partial charge in [0.2, 0.25) is 0 Å². The van der Waals surface area contributed by atoms with Gasteiger partial charge in [-0.05, 0) is 12.1 Å². The van der Waals surface area contributed by atoms with Crippen molar-refractivity contribution in [1.82, 2.24) is 19.7 Å². The molecule has 2 heterocycles. The van der Waals surface area contributed by atoms with Crippen LogP contribution in [-0.2, 0) is 7.05 Å². The van der Waals surface area contributed by atoms with Crippen LogP contribution in [0.15, 0.2) is 18.5 Å². The monoisotopic (exact) mass is 293 g/mol. The molecule has 0 atom stereocenters. The molecule has 0 spiro atoms. The molecule has 102 valence electrons. The van der Waals surface area contributed by atoms with Gasteiger partial charge < -0.3 is 10.8 Å². The Hall–Kier alpha value is -2.41. The van der Waals surface area contributed by atoms with Gasteiger partial charge in [0.25, 0.3) is 0 Å². The summed E-state index contributed by atoms with van der Waals surface area (Å²) in [6, 6.07) is 2.60. The number of aryl methyl sites for hydroxylation is 1. The summed E-state index contributed by atoms with van der Waals surface area (Å²) in [6.45, 7) is 0. The van der Waals surface area contributed by atoms with Crippen molar-refractivity contribution >= 4 is 28.5 Å². The van der Waals surface area contributed by atoms with Crippen molar-refractivity contribution in [2.75, 3.05) is 5.73 Å². The Morgan fingerprint density at radius 2 is 2.10 bits per heavy atom. The maximum atomic E-state index is 13.4. The molecule has 0 amide bonds. The molecular formula is C12H9ClFN5O. The van der Waals surface area contributed by atoms with Crippen molar-refractivity contribution in [3.63, 3.8) is 0 Å². The summed E-state index contributed by atoms with van der Waals surface area (Å²) in [5.41, 5.74) is 7.23. The number of benzene rings is 1. The fourth-order valence-electron chi connectivity index (χ4n) is 2.02. The van der Waals surface area contributed by atoms with Crippen LogP contribution in [-0.4, -0.2) is 24.9 Å². The average Bonchev–Trinajstić information content (AvgIpc) is 2.75. The van der Waals surface area contributed by atoms with Crippen molar-refractivity contribution in [1.29, 1.82) is 0 Å². The standard InChI is InChI=1S/C12H9ClFN5O/c1-19-12-8(11(15)16-4-17-12)10(18-19)5-2-6(13)9(14)7(20)3-5/h2-4,20H,1H3,(H2,15,16,17). The molecule has 0 fully saturated rings. The SMILES string of the molecule is Cn1nc(-c2cc(O)c(F)c(Cl)c2)c2c(N)ncnc21. The van der Waals surface area contributed by atoms with Crippen LogP contribution >= 0.6 is 11.6 Å². The number of hydrogen-bond donors (Lipinski definition) is 2. The van der Waals surface area contributed by atoms with Gasteiger partial charge in [-0.25, -0.2) is 19.0 Å². The molecule has 0 bridgehead atoms. The van der Waals surface area contributed by atoms with E-state index in [2.05, 4.69) is 15.1 Å². The average molecular weight is 294 g/mol. The number of phenolic OH excluding ortho intramolecular Hbond substituents is 1. The molecule has 0 aliphatic rings. The van der Waals surface area contributed by atoms with Gasteiger partial charge >= 0.3 is 0 Å². The lowest BCUT2D eigenvalue weighted by Crippen LogP contribution is -1.95. The third-order valence-electron chi connectivity index (χ3n) is 2.93. The molecular weight excluding hydrogens is 285 g/mol. The Kier molecular flexibility index (Phi) is 2.72. The third-order valence-corrected chi connectivity index (χ3v) is 3.21. The first kappa shape index (κ1) is 12.6. The Balaban J connectivity index is 2.36. The zero-order valence-electron chi connectivity index (χ0n) is 10.3. The van der Waals surface area contributed by atoms with E-state index in [0.29, 0.717) is 22.3 Å². The number of nitrogens with zero attached hydrogens (tertiary/aromatic N) is 4. The number of aromatic hydroxyl groups is 1. The summed E-state index contributed by atoms with van der Waals surface area (Å²) in [7, 11) is 1.70. The van der Waals surface area contributed by atoms with E-state index in [1.807, 2.05) is 0 Å². The van der Waals surface area contributed by atoms with Gasteiger partial charge in [0, 0.05) is 12.6 Å². The molecule has 0 aliphatic carbocycles. The molecule has 3 aromatic rings. The molecule has 0 aliphatic heterocycles. The lowest BCUT2D eigenvalue weighted by atomic mass is 10.1. The zero-order chi connectivity index (χ0) is 14.4. The second-order valence-electron chi connectivity index (χ2n) is 4.22. The molecule has 0 saturated carbocycles. The van der Waals surface area contributed by atoms with Gasteiger partial charge in [-0.15, -0.1) is 0 Å².